The molecule has 0 aromatic heterocycles. The van der Waals surface area contributed by atoms with Crippen LogP contribution in [-0.4, -0.2) is 16.1 Å². The molecule has 0 fully saturated rings. The highest BCUT2D eigenvalue weighted by Gasteiger charge is 2.13. The van der Waals surface area contributed by atoms with E-state index < -0.39 is 0 Å². The number of benzene rings is 2. The van der Waals surface area contributed by atoms with Crippen molar-refractivity contribution in [3.05, 3.63) is 59.2 Å². The van der Waals surface area contributed by atoms with Crippen LogP contribution in [0.2, 0.25) is 0 Å². The fraction of sp³-hybridized carbons (Fsp3) is 0.125. The Kier molecular flexibility index (Phi) is 4.10. The van der Waals surface area contributed by atoms with Gasteiger partial charge in [0.05, 0.1) is 17.7 Å². The van der Waals surface area contributed by atoms with Gasteiger partial charge in [0.1, 0.15) is 0 Å². The van der Waals surface area contributed by atoms with Gasteiger partial charge in [0.15, 0.2) is 11.5 Å². The second kappa shape index (κ2) is 5.97. The summed E-state index contributed by atoms with van der Waals surface area (Å²) in [5.41, 5.74) is 1.58. The molecule has 0 heterocycles. The summed E-state index contributed by atoms with van der Waals surface area (Å²) in [6.45, 7) is 1.80. The van der Waals surface area contributed by atoms with Gasteiger partial charge in [0, 0.05) is 5.56 Å². The lowest BCUT2D eigenvalue weighted by Crippen LogP contribution is -2.26. The zero-order chi connectivity index (χ0) is 15.4. The van der Waals surface area contributed by atoms with Gasteiger partial charge in [-0.15, -0.1) is 0 Å². The van der Waals surface area contributed by atoms with E-state index >= 15 is 0 Å². The monoisotopic (exact) mass is 282 g/mol. The minimum Gasteiger partial charge on any atom is -0.504 e. The number of hydrogen-bond acceptors (Lipinski definition) is 4. The third kappa shape index (κ3) is 3.31. The van der Waals surface area contributed by atoms with Gasteiger partial charge in [-0.1, -0.05) is 12.1 Å². The number of aromatic hydroxyl groups is 2. The molecule has 0 bridgehead atoms. The predicted octanol–water partition coefficient (Wildman–Crippen LogP) is 2.46. The van der Waals surface area contributed by atoms with Crippen LogP contribution in [0.5, 0.6) is 11.5 Å². The molecule has 5 heteroatoms. The van der Waals surface area contributed by atoms with E-state index in [4.69, 9.17) is 5.26 Å². The van der Waals surface area contributed by atoms with Gasteiger partial charge in [-0.3, -0.25) is 4.79 Å². The molecule has 1 amide bonds. The highest BCUT2D eigenvalue weighted by molar-refractivity contribution is 5.95. The van der Waals surface area contributed by atoms with E-state index in [1.807, 2.05) is 12.1 Å². The van der Waals surface area contributed by atoms with E-state index in [-0.39, 0.29) is 29.0 Å². The molecule has 0 aliphatic rings. The molecule has 106 valence electrons. The van der Waals surface area contributed by atoms with Crippen LogP contribution >= 0.6 is 0 Å². The Labute approximate surface area is 122 Å². The van der Waals surface area contributed by atoms with Crippen molar-refractivity contribution < 1.29 is 15.0 Å². The molecule has 0 radical (unpaired) electrons. The Bertz CT molecular complexity index is 720. The molecule has 0 aliphatic carbocycles. The first-order valence-corrected chi connectivity index (χ1v) is 6.34. The zero-order valence-electron chi connectivity index (χ0n) is 11.4. The molecule has 3 N–H and O–H groups in total. The Morgan fingerprint density at radius 3 is 2.62 bits per heavy atom. The third-order valence-corrected chi connectivity index (χ3v) is 3.10. The van der Waals surface area contributed by atoms with Crippen LogP contribution in [-0.2, 0) is 0 Å². The average molecular weight is 282 g/mol. The summed E-state index contributed by atoms with van der Waals surface area (Å²) in [4.78, 5) is 12.1. The molecule has 5 nitrogen and oxygen atoms in total. The molecule has 2 aromatic carbocycles. The second-order valence-electron chi connectivity index (χ2n) is 4.64. The molecule has 0 saturated carbocycles. The van der Waals surface area contributed by atoms with Gasteiger partial charge < -0.3 is 15.5 Å². The zero-order valence-corrected chi connectivity index (χ0v) is 11.4. The van der Waals surface area contributed by atoms with Crippen molar-refractivity contribution in [1.82, 2.24) is 5.32 Å². The summed E-state index contributed by atoms with van der Waals surface area (Å²) < 4.78 is 0. The first kappa shape index (κ1) is 14.4. The molecule has 2 rings (SSSR count). The van der Waals surface area contributed by atoms with Crippen molar-refractivity contribution in [2.45, 2.75) is 13.0 Å². The lowest BCUT2D eigenvalue weighted by Gasteiger charge is -2.15. The summed E-state index contributed by atoms with van der Waals surface area (Å²) in [6.07, 6.45) is 0. The van der Waals surface area contributed by atoms with Crippen LogP contribution in [0.3, 0.4) is 0 Å². The molecule has 2 aromatic rings. The van der Waals surface area contributed by atoms with Gasteiger partial charge in [0.2, 0.25) is 0 Å². The largest absolute Gasteiger partial charge is 0.504 e. The van der Waals surface area contributed by atoms with E-state index in [0.717, 1.165) is 5.56 Å². The number of hydrogen-bond donors (Lipinski definition) is 3. The first-order valence-electron chi connectivity index (χ1n) is 6.34. The molecule has 0 saturated heterocycles. The topological polar surface area (TPSA) is 93.3 Å². The summed E-state index contributed by atoms with van der Waals surface area (Å²) in [5, 5.41) is 30.3. The van der Waals surface area contributed by atoms with Crippen LogP contribution in [0.1, 0.15) is 34.5 Å². The maximum absolute atomic E-state index is 12.1. The number of carbonyl (C=O) groups is 1. The fourth-order valence-corrected chi connectivity index (χ4v) is 1.91. The Hall–Kier alpha value is -3.00. The molecule has 0 aliphatic heterocycles. The number of phenolic OH excluding ortho intramolecular Hbond substituents is 2. The second-order valence-corrected chi connectivity index (χ2v) is 4.64. The van der Waals surface area contributed by atoms with Gasteiger partial charge in [-0.05, 0) is 42.8 Å². The van der Waals surface area contributed by atoms with E-state index in [9.17, 15) is 15.0 Å². The normalized spacial score (nSPS) is 11.4. The third-order valence-electron chi connectivity index (χ3n) is 3.10. The number of amides is 1. The number of rotatable bonds is 3. The molecule has 21 heavy (non-hydrogen) atoms. The van der Waals surface area contributed by atoms with Gasteiger partial charge in [0.25, 0.3) is 5.91 Å². The van der Waals surface area contributed by atoms with Gasteiger partial charge in [-0.2, -0.15) is 5.26 Å². The van der Waals surface area contributed by atoms with E-state index in [2.05, 4.69) is 5.32 Å². The van der Waals surface area contributed by atoms with E-state index in [1.165, 1.54) is 18.2 Å². The quantitative estimate of drug-likeness (QED) is 0.754. The van der Waals surface area contributed by atoms with Crippen LogP contribution < -0.4 is 5.32 Å². The number of phenols is 2. The fourth-order valence-electron chi connectivity index (χ4n) is 1.91. The van der Waals surface area contributed by atoms with Crippen molar-refractivity contribution in [2.24, 2.45) is 0 Å². The van der Waals surface area contributed by atoms with Crippen molar-refractivity contribution in [1.29, 1.82) is 5.26 Å². The molecule has 1 unspecified atom stereocenters. The van der Waals surface area contributed by atoms with Crippen LogP contribution in [0.4, 0.5) is 0 Å². The van der Waals surface area contributed by atoms with Crippen molar-refractivity contribution in [3.8, 4) is 17.6 Å². The maximum Gasteiger partial charge on any atom is 0.251 e. The summed E-state index contributed by atoms with van der Waals surface area (Å²) >= 11 is 0. The summed E-state index contributed by atoms with van der Waals surface area (Å²) in [6, 6.07) is 12.6. The molecular formula is C16H14N2O3. The first-order chi connectivity index (χ1) is 10.0. The number of carbonyl (C=O) groups excluding carboxylic acids is 1. The van der Waals surface area contributed by atoms with Crippen molar-refractivity contribution in [2.75, 3.05) is 0 Å². The van der Waals surface area contributed by atoms with Crippen LogP contribution in [0.15, 0.2) is 42.5 Å². The van der Waals surface area contributed by atoms with Crippen molar-refractivity contribution >= 4 is 5.91 Å². The lowest BCUT2D eigenvalue weighted by atomic mass is 10.1. The lowest BCUT2D eigenvalue weighted by molar-refractivity contribution is 0.0939. The van der Waals surface area contributed by atoms with Crippen LogP contribution in [0.25, 0.3) is 0 Å². The Balaban J connectivity index is 2.14. The maximum atomic E-state index is 12.1. The number of nitrogens with zero attached hydrogens (tertiary/aromatic N) is 1. The minimum absolute atomic E-state index is 0.244. The van der Waals surface area contributed by atoms with E-state index in [1.54, 1.807) is 25.1 Å². The molecular weight excluding hydrogens is 268 g/mol. The molecule has 1 atom stereocenters. The molecule has 0 spiro atoms. The van der Waals surface area contributed by atoms with Crippen LogP contribution in [0, 0.1) is 11.3 Å². The van der Waals surface area contributed by atoms with Gasteiger partial charge in [-0.25, -0.2) is 0 Å². The Morgan fingerprint density at radius 2 is 1.95 bits per heavy atom. The van der Waals surface area contributed by atoms with Crippen molar-refractivity contribution in [3.63, 3.8) is 0 Å². The number of nitrogens with one attached hydrogen (secondary N) is 1. The SMILES string of the molecule is CC(NC(=O)c1ccc(O)c(O)c1)c1cccc(C#N)c1. The smallest absolute Gasteiger partial charge is 0.251 e. The average Bonchev–Trinajstić information content (AvgIpc) is 2.49. The summed E-state index contributed by atoms with van der Waals surface area (Å²) in [5.74, 6) is -0.997. The highest BCUT2D eigenvalue weighted by Crippen LogP contribution is 2.25. The predicted molar refractivity (Wildman–Crippen MR) is 76.8 cm³/mol. The van der Waals surface area contributed by atoms with Gasteiger partial charge >= 0.3 is 0 Å². The number of nitriles is 1. The summed E-state index contributed by atoms with van der Waals surface area (Å²) in [7, 11) is 0. The van der Waals surface area contributed by atoms with E-state index in [0.29, 0.717) is 5.56 Å². The standard InChI is InChI=1S/C16H14N2O3/c1-10(12-4-2-3-11(7-12)9-17)18-16(21)13-5-6-14(19)15(20)8-13/h2-8,10,19-20H,1H3,(H,18,21). The minimum atomic E-state index is -0.375. The Morgan fingerprint density at radius 1 is 1.19 bits per heavy atom. The highest BCUT2D eigenvalue weighted by atomic mass is 16.3.